The third kappa shape index (κ3) is 2.78. The number of hydrogen-bond acceptors (Lipinski definition) is 1. The van der Waals surface area contributed by atoms with E-state index in [1.54, 1.807) is 0 Å². The zero-order valence-electron chi connectivity index (χ0n) is 22.6. The molecule has 2 aromatic heterocycles. The zero-order valence-corrected chi connectivity index (χ0v) is 22.6. The van der Waals surface area contributed by atoms with Crippen molar-refractivity contribution in [3.8, 4) is 5.69 Å². The highest BCUT2D eigenvalue weighted by Gasteiger charge is 2.23. The molecule has 0 aliphatic carbocycles. The Balaban J connectivity index is 1.47. The fraction of sp³-hybridized carbons (Fsp3) is 0. The van der Waals surface area contributed by atoms with Crippen molar-refractivity contribution in [1.29, 1.82) is 0 Å². The number of rotatable bonds is 1. The van der Waals surface area contributed by atoms with Crippen LogP contribution in [0.3, 0.4) is 0 Å². The summed E-state index contributed by atoms with van der Waals surface area (Å²) in [6.45, 7) is 0. The second-order valence-electron chi connectivity index (χ2n) is 11.3. The van der Waals surface area contributed by atoms with Crippen LogP contribution in [0.25, 0.3) is 92.5 Å². The summed E-state index contributed by atoms with van der Waals surface area (Å²) in [7, 11) is 0. The molecule has 0 unspecified atom stereocenters. The van der Waals surface area contributed by atoms with Crippen LogP contribution in [0.15, 0.2) is 144 Å². The Kier molecular flexibility index (Phi) is 4.21. The van der Waals surface area contributed by atoms with Crippen LogP contribution in [0.5, 0.6) is 0 Å². The van der Waals surface area contributed by atoms with E-state index in [2.05, 4.69) is 144 Å². The van der Waals surface area contributed by atoms with Gasteiger partial charge in [-0.15, -0.1) is 0 Å². The van der Waals surface area contributed by atoms with Crippen LogP contribution in [0.1, 0.15) is 0 Å². The highest BCUT2D eigenvalue weighted by Crippen LogP contribution is 2.47. The maximum Gasteiger partial charge on any atom is 0.146 e. The predicted octanol–water partition coefficient (Wildman–Crippen LogP) is 11.3. The number of hydrogen-bond donors (Lipinski definition) is 0. The van der Waals surface area contributed by atoms with Crippen molar-refractivity contribution in [1.82, 2.24) is 4.57 Å². The van der Waals surface area contributed by atoms with E-state index in [0.29, 0.717) is 0 Å². The van der Waals surface area contributed by atoms with Crippen molar-refractivity contribution in [3.63, 3.8) is 0 Å². The van der Waals surface area contributed by atoms with Crippen molar-refractivity contribution in [2.45, 2.75) is 0 Å². The molecular weight excluding hydrogens is 510 g/mol. The Morgan fingerprint density at radius 1 is 0.405 bits per heavy atom. The lowest BCUT2D eigenvalue weighted by atomic mass is 9.95. The van der Waals surface area contributed by atoms with Crippen molar-refractivity contribution >= 4 is 86.8 Å². The van der Waals surface area contributed by atoms with Gasteiger partial charge in [0.2, 0.25) is 0 Å². The monoisotopic (exact) mass is 533 g/mol. The van der Waals surface area contributed by atoms with Gasteiger partial charge in [0.15, 0.2) is 0 Å². The molecule has 2 heteroatoms. The molecule has 0 saturated heterocycles. The second-order valence-corrected chi connectivity index (χ2v) is 11.3. The van der Waals surface area contributed by atoms with Gasteiger partial charge in [-0.3, -0.25) is 0 Å². The Morgan fingerprint density at radius 3 is 1.90 bits per heavy atom. The Hall–Kier alpha value is -5.60. The highest BCUT2D eigenvalue weighted by atomic mass is 16.3. The summed E-state index contributed by atoms with van der Waals surface area (Å²) in [6, 6.07) is 50.5. The maximum atomic E-state index is 6.77. The smallest absolute Gasteiger partial charge is 0.146 e. The van der Waals surface area contributed by atoms with Gasteiger partial charge in [-0.05, 0) is 62.0 Å². The first-order chi connectivity index (χ1) is 20.8. The summed E-state index contributed by atoms with van der Waals surface area (Å²) in [4.78, 5) is 0. The van der Waals surface area contributed by atoms with E-state index in [0.717, 1.165) is 22.2 Å². The Bertz CT molecular complexity index is 2740. The fourth-order valence-electron chi connectivity index (χ4n) is 7.34. The van der Waals surface area contributed by atoms with E-state index in [9.17, 15) is 0 Å². The average Bonchev–Trinajstić information content (AvgIpc) is 3.60. The molecule has 2 heterocycles. The zero-order chi connectivity index (χ0) is 27.4. The summed E-state index contributed by atoms with van der Waals surface area (Å²) < 4.78 is 9.23. The van der Waals surface area contributed by atoms with Crippen molar-refractivity contribution in [2.24, 2.45) is 0 Å². The predicted molar refractivity (Wildman–Crippen MR) is 178 cm³/mol. The molecule has 42 heavy (non-hydrogen) atoms. The summed E-state index contributed by atoms with van der Waals surface area (Å²) in [5, 5.41) is 14.7. The van der Waals surface area contributed by atoms with Crippen LogP contribution in [0.2, 0.25) is 0 Å². The third-order valence-corrected chi connectivity index (χ3v) is 9.12. The first-order valence-corrected chi connectivity index (χ1v) is 14.4. The van der Waals surface area contributed by atoms with Gasteiger partial charge in [0, 0.05) is 27.2 Å². The molecule has 0 aliphatic rings. The molecule has 0 bridgehead atoms. The topological polar surface area (TPSA) is 18.1 Å². The summed E-state index contributed by atoms with van der Waals surface area (Å²) in [5.41, 5.74) is 5.40. The normalized spacial score (nSPS) is 12.3. The van der Waals surface area contributed by atoms with Crippen molar-refractivity contribution in [3.05, 3.63) is 140 Å². The number of aromatic nitrogens is 1. The first kappa shape index (κ1) is 22.1. The number of fused-ring (bicyclic) bond motifs is 15. The Labute approximate surface area is 240 Å². The SMILES string of the molecule is c1ccc2c(c1)ccc1cc(-n3c4ccccc4c4c5ccc6ccccc6c5c5oc6ccccc6c5c43)ccc12. The van der Waals surface area contributed by atoms with Gasteiger partial charge in [-0.2, -0.15) is 0 Å². The standard InChI is InChI=1S/C40H23NO/c1-3-11-28-24(9-1)17-18-26-23-27(20-22-29(26)28)41-34-15-7-5-13-31(34)36-33-21-19-25-10-2-4-12-30(25)37(33)40-38(39(36)41)32-14-6-8-16-35(32)42-40/h1-23H. The van der Waals surface area contributed by atoms with Crippen LogP contribution < -0.4 is 0 Å². The molecule has 0 radical (unpaired) electrons. The summed E-state index contributed by atoms with van der Waals surface area (Å²) in [5.74, 6) is 0. The lowest BCUT2D eigenvalue weighted by molar-refractivity contribution is 0.673. The number of furan rings is 1. The molecular formula is C40H23NO. The number of benzene rings is 8. The Morgan fingerprint density at radius 2 is 1.02 bits per heavy atom. The van der Waals surface area contributed by atoms with Crippen molar-refractivity contribution < 1.29 is 4.42 Å². The van der Waals surface area contributed by atoms with E-state index in [-0.39, 0.29) is 0 Å². The van der Waals surface area contributed by atoms with E-state index in [1.165, 1.54) is 70.3 Å². The maximum absolute atomic E-state index is 6.77. The molecule has 0 fully saturated rings. The number of para-hydroxylation sites is 2. The molecule has 0 atom stereocenters. The van der Waals surface area contributed by atoms with Gasteiger partial charge in [0.05, 0.1) is 16.4 Å². The van der Waals surface area contributed by atoms with E-state index < -0.39 is 0 Å². The summed E-state index contributed by atoms with van der Waals surface area (Å²) >= 11 is 0. The molecule has 0 aliphatic heterocycles. The van der Waals surface area contributed by atoms with Crippen LogP contribution in [0.4, 0.5) is 0 Å². The van der Waals surface area contributed by atoms with Crippen LogP contribution >= 0.6 is 0 Å². The van der Waals surface area contributed by atoms with E-state index >= 15 is 0 Å². The van der Waals surface area contributed by atoms with Gasteiger partial charge in [0.1, 0.15) is 11.2 Å². The van der Waals surface area contributed by atoms with Gasteiger partial charge >= 0.3 is 0 Å². The molecule has 194 valence electrons. The minimum atomic E-state index is 0.913. The van der Waals surface area contributed by atoms with Crippen LogP contribution in [0, 0.1) is 0 Å². The molecule has 0 N–H and O–H groups in total. The van der Waals surface area contributed by atoms with Gasteiger partial charge in [0.25, 0.3) is 0 Å². The minimum absolute atomic E-state index is 0.913. The van der Waals surface area contributed by atoms with E-state index in [1.807, 2.05) is 0 Å². The molecule has 0 amide bonds. The minimum Gasteiger partial charge on any atom is -0.455 e. The molecule has 10 aromatic rings. The third-order valence-electron chi connectivity index (χ3n) is 9.12. The first-order valence-electron chi connectivity index (χ1n) is 14.4. The van der Waals surface area contributed by atoms with Crippen LogP contribution in [-0.2, 0) is 0 Å². The quantitative estimate of drug-likeness (QED) is 0.192. The fourth-order valence-corrected chi connectivity index (χ4v) is 7.34. The average molecular weight is 534 g/mol. The largest absolute Gasteiger partial charge is 0.455 e. The van der Waals surface area contributed by atoms with Crippen LogP contribution in [-0.4, -0.2) is 4.57 Å². The molecule has 2 nitrogen and oxygen atoms in total. The molecule has 10 rings (SSSR count). The lowest BCUT2D eigenvalue weighted by Crippen LogP contribution is -1.95. The summed E-state index contributed by atoms with van der Waals surface area (Å²) in [6.07, 6.45) is 0. The van der Waals surface area contributed by atoms with Gasteiger partial charge in [-0.1, -0.05) is 115 Å². The molecule has 0 saturated carbocycles. The number of nitrogens with zero attached hydrogens (tertiary/aromatic N) is 1. The van der Waals surface area contributed by atoms with E-state index in [4.69, 9.17) is 4.42 Å². The molecule has 8 aromatic carbocycles. The van der Waals surface area contributed by atoms with Crippen molar-refractivity contribution in [2.75, 3.05) is 0 Å². The van der Waals surface area contributed by atoms with Gasteiger partial charge < -0.3 is 8.98 Å². The lowest BCUT2D eigenvalue weighted by Gasteiger charge is -2.13. The second kappa shape index (κ2) is 7.99. The highest BCUT2D eigenvalue weighted by molar-refractivity contribution is 6.38. The van der Waals surface area contributed by atoms with Gasteiger partial charge in [-0.25, -0.2) is 0 Å². The molecule has 0 spiro atoms.